The Balaban J connectivity index is 1.44. The number of carbonyl (C=O) groups is 1. The van der Waals surface area contributed by atoms with Gasteiger partial charge in [-0.2, -0.15) is 17.5 Å². The van der Waals surface area contributed by atoms with Crippen LogP contribution in [0, 0.1) is 19.8 Å². The fraction of sp³-hybridized carbons (Fsp3) is 0.308. The first kappa shape index (κ1) is 27.9. The molecule has 2 heterocycles. The molecule has 1 aromatic heterocycles. The number of aromatic nitrogens is 1. The summed E-state index contributed by atoms with van der Waals surface area (Å²) in [5.41, 5.74) is 1.10. The topological polar surface area (TPSA) is 92.5 Å². The second-order valence-corrected chi connectivity index (χ2v) is 11.3. The molecule has 1 N–H and O–H groups in total. The number of halogens is 4. The number of anilines is 1. The van der Waals surface area contributed by atoms with Gasteiger partial charge in [0.25, 0.3) is 0 Å². The van der Waals surface area contributed by atoms with Gasteiger partial charge >= 0.3 is 6.18 Å². The van der Waals surface area contributed by atoms with E-state index in [1.807, 2.05) is 31.2 Å². The van der Waals surface area contributed by atoms with Crippen LogP contribution in [0.3, 0.4) is 0 Å². The number of nitrogens with zero attached hydrogens (tertiary/aromatic N) is 2. The highest BCUT2D eigenvalue weighted by Crippen LogP contribution is 2.36. The molecule has 38 heavy (non-hydrogen) atoms. The quantitative estimate of drug-likeness (QED) is 0.384. The van der Waals surface area contributed by atoms with Crippen LogP contribution in [0.15, 0.2) is 51.9 Å². The Kier molecular flexibility index (Phi) is 8.01. The average molecular weight is 568 g/mol. The summed E-state index contributed by atoms with van der Waals surface area (Å²) in [6.07, 6.45) is -0.978. The monoisotopic (exact) mass is 567 g/mol. The summed E-state index contributed by atoms with van der Waals surface area (Å²) < 4.78 is 72.8. The molecule has 1 fully saturated rings. The number of aryl methyl sites for hydroxylation is 2. The molecule has 0 radical (unpaired) electrons. The van der Waals surface area contributed by atoms with Gasteiger partial charge in [-0.3, -0.25) is 4.79 Å². The molecule has 12 heteroatoms. The third-order valence-electron chi connectivity index (χ3n) is 6.30. The molecule has 7 nitrogen and oxygen atoms in total. The Bertz CT molecular complexity index is 1460. The summed E-state index contributed by atoms with van der Waals surface area (Å²) in [6.45, 7) is 3.62. The summed E-state index contributed by atoms with van der Waals surface area (Å²) in [4.78, 5) is 12.7. The molecule has 1 aliphatic rings. The normalized spacial score (nSPS) is 15.7. The zero-order chi connectivity index (χ0) is 27.7. The van der Waals surface area contributed by atoms with Crippen LogP contribution < -0.4 is 5.32 Å². The summed E-state index contributed by atoms with van der Waals surface area (Å²) >= 11 is 5.64. The van der Waals surface area contributed by atoms with E-state index in [1.165, 1.54) is 10.4 Å². The summed E-state index contributed by atoms with van der Waals surface area (Å²) in [6, 6.07) is 10.8. The molecule has 0 saturated carbocycles. The first-order chi connectivity index (χ1) is 17.9. The van der Waals surface area contributed by atoms with Crippen molar-refractivity contribution in [2.45, 2.75) is 37.8 Å². The van der Waals surface area contributed by atoms with E-state index in [1.54, 1.807) is 19.1 Å². The predicted octanol–water partition coefficient (Wildman–Crippen LogP) is 6.17. The minimum absolute atomic E-state index is 0.0353. The van der Waals surface area contributed by atoms with Crippen molar-refractivity contribution in [3.05, 3.63) is 75.6 Å². The van der Waals surface area contributed by atoms with Crippen LogP contribution >= 0.6 is 11.6 Å². The van der Waals surface area contributed by atoms with Gasteiger partial charge in [0.2, 0.25) is 15.9 Å². The molecule has 0 aliphatic carbocycles. The van der Waals surface area contributed by atoms with Crippen molar-refractivity contribution in [2.75, 3.05) is 18.4 Å². The highest BCUT2D eigenvalue weighted by atomic mass is 35.5. The summed E-state index contributed by atoms with van der Waals surface area (Å²) in [5, 5.41) is 5.86. The molecule has 4 rings (SSSR count). The van der Waals surface area contributed by atoms with Crippen LogP contribution in [0.5, 0.6) is 0 Å². The van der Waals surface area contributed by atoms with Crippen molar-refractivity contribution in [1.82, 2.24) is 9.46 Å². The Morgan fingerprint density at radius 1 is 1.11 bits per heavy atom. The Morgan fingerprint density at radius 3 is 2.39 bits per heavy atom. The predicted molar refractivity (Wildman–Crippen MR) is 138 cm³/mol. The number of hydrogen-bond donors (Lipinski definition) is 1. The van der Waals surface area contributed by atoms with Crippen LogP contribution in [0.1, 0.15) is 41.0 Å². The molecule has 3 aromatic rings. The van der Waals surface area contributed by atoms with Gasteiger partial charge < -0.3 is 9.84 Å². The average Bonchev–Trinajstić information content (AvgIpc) is 3.25. The number of piperidine rings is 1. The minimum Gasteiger partial charge on any atom is -0.355 e. The van der Waals surface area contributed by atoms with Gasteiger partial charge in [0.05, 0.1) is 10.6 Å². The first-order valence-electron chi connectivity index (χ1n) is 11.7. The van der Waals surface area contributed by atoms with Crippen molar-refractivity contribution in [3.63, 3.8) is 0 Å². The number of hydrogen-bond acceptors (Lipinski definition) is 5. The highest BCUT2D eigenvalue weighted by molar-refractivity contribution is 7.89. The van der Waals surface area contributed by atoms with Crippen LogP contribution in [0.4, 0.5) is 18.9 Å². The van der Waals surface area contributed by atoms with Gasteiger partial charge in [-0.25, -0.2) is 8.42 Å². The minimum atomic E-state index is -4.66. The van der Waals surface area contributed by atoms with E-state index >= 15 is 0 Å². The molecule has 0 unspecified atom stereocenters. The fourth-order valence-electron chi connectivity index (χ4n) is 4.20. The molecule has 1 amide bonds. The summed E-state index contributed by atoms with van der Waals surface area (Å²) in [5.74, 6) is -0.956. The molecule has 0 bridgehead atoms. The lowest BCUT2D eigenvalue weighted by molar-refractivity contribution is -0.137. The third kappa shape index (κ3) is 6.11. The van der Waals surface area contributed by atoms with Crippen molar-refractivity contribution in [2.24, 2.45) is 5.92 Å². The van der Waals surface area contributed by atoms with Crippen molar-refractivity contribution in [3.8, 4) is 0 Å². The number of rotatable bonds is 6. The molecule has 2 aromatic carbocycles. The van der Waals surface area contributed by atoms with Crippen LogP contribution in [-0.4, -0.2) is 36.9 Å². The molecule has 202 valence electrons. The van der Waals surface area contributed by atoms with Gasteiger partial charge in [0.1, 0.15) is 5.69 Å². The number of alkyl halides is 3. The molecule has 0 atom stereocenters. The van der Waals surface area contributed by atoms with Crippen molar-refractivity contribution in [1.29, 1.82) is 0 Å². The van der Waals surface area contributed by atoms with E-state index in [-0.39, 0.29) is 48.0 Å². The van der Waals surface area contributed by atoms with E-state index in [0.717, 1.165) is 23.3 Å². The van der Waals surface area contributed by atoms with E-state index in [9.17, 15) is 26.4 Å². The van der Waals surface area contributed by atoms with Gasteiger partial charge in [0, 0.05) is 24.7 Å². The van der Waals surface area contributed by atoms with Crippen LogP contribution in [0.2, 0.25) is 5.02 Å². The number of amides is 1. The van der Waals surface area contributed by atoms with Gasteiger partial charge in [-0.1, -0.05) is 52.7 Å². The lowest BCUT2D eigenvalue weighted by Gasteiger charge is -2.30. The Labute approximate surface area is 223 Å². The molecular formula is C26H25ClF3N3O4S. The zero-order valence-electron chi connectivity index (χ0n) is 20.5. The molecule has 0 spiro atoms. The van der Waals surface area contributed by atoms with Gasteiger partial charge in [-0.05, 0) is 56.5 Å². The zero-order valence-corrected chi connectivity index (χ0v) is 22.1. The Morgan fingerprint density at radius 2 is 1.76 bits per heavy atom. The number of sulfonamides is 1. The van der Waals surface area contributed by atoms with Crippen LogP contribution in [-0.2, 0) is 21.0 Å². The van der Waals surface area contributed by atoms with E-state index < -0.39 is 38.6 Å². The van der Waals surface area contributed by atoms with Gasteiger partial charge in [0.15, 0.2) is 10.7 Å². The molecule has 1 aliphatic heterocycles. The van der Waals surface area contributed by atoms with Gasteiger partial charge in [-0.15, -0.1) is 0 Å². The SMILES string of the molecule is Cc1ccc(/C=C/c2onc(C)c2S(=O)(=O)N2CCC(C(=O)Nc3ccc(Cl)c(C(F)(F)F)c3)CC2)cc1. The maximum Gasteiger partial charge on any atom is 0.417 e. The third-order valence-corrected chi connectivity index (χ3v) is 8.69. The smallest absolute Gasteiger partial charge is 0.355 e. The second-order valence-electron chi connectivity index (χ2n) is 9.07. The number of carbonyl (C=O) groups excluding carboxylic acids is 1. The Hall–Kier alpha value is -3.15. The van der Waals surface area contributed by atoms with E-state index in [2.05, 4.69) is 10.5 Å². The fourth-order valence-corrected chi connectivity index (χ4v) is 6.14. The molecular weight excluding hydrogens is 543 g/mol. The standard InChI is InChI=1S/C26H25ClF3N3O4S/c1-16-3-5-18(6-4-16)7-10-23-24(17(2)32-37-23)38(35,36)33-13-11-19(12-14-33)25(34)31-20-8-9-22(27)21(15-20)26(28,29)30/h3-10,15,19H,11-14H2,1-2H3,(H,31,34)/b10-7+. The number of nitrogens with one attached hydrogen (secondary N) is 1. The number of benzene rings is 2. The lowest BCUT2D eigenvalue weighted by atomic mass is 9.97. The summed E-state index contributed by atoms with van der Waals surface area (Å²) in [7, 11) is -3.97. The maximum absolute atomic E-state index is 13.4. The first-order valence-corrected chi connectivity index (χ1v) is 13.6. The lowest BCUT2D eigenvalue weighted by Crippen LogP contribution is -2.41. The van der Waals surface area contributed by atoms with Crippen molar-refractivity contribution >= 4 is 45.4 Å². The van der Waals surface area contributed by atoms with E-state index in [0.29, 0.717) is 0 Å². The van der Waals surface area contributed by atoms with Crippen LogP contribution in [0.25, 0.3) is 12.2 Å². The van der Waals surface area contributed by atoms with E-state index in [4.69, 9.17) is 16.1 Å². The largest absolute Gasteiger partial charge is 0.417 e. The molecule has 1 saturated heterocycles. The van der Waals surface area contributed by atoms with Crippen molar-refractivity contribution < 1.29 is 30.9 Å². The highest BCUT2D eigenvalue weighted by Gasteiger charge is 2.37. The second kappa shape index (κ2) is 10.9. The maximum atomic E-state index is 13.4.